The third kappa shape index (κ3) is 4.29. The number of nitrogens with one attached hydrogen (secondary N) is 2. The van der Waals surface area contributed by atoms with Gasteiger partial charge in [0.1, 0.15) is 11.6 Å². The monoisotopic (exact) mass is 438 g/mol. The highest BCUT2D eigenvalue weighted by Gasteiger charge is 2.30. The predicted octanol–water partition coefficient (Wildman–Crippen LogP) is 2.44. The summed E-state index contributed by atoms with van der Waals surface area (Å²) in [6.07, 6.45) is 6.39. The first-order valence-corrected chi connectivity index (χ1v) is 11.4. The molecule has 1 aromatic heterocycles. The van der Waals surface area contributed by atoms with Gasteiger partial charge in [-0.25, -0.2) is 4.98 Å². The number of morpholine rings is 1. The zero-order valence-electron chi connectivity index (χ0n) is 18.5. The topological polar surface area (TPSA) is 91.9 Å². The van der Waals surface area contributed by atoms with Gasteiger partial charge in [-0.2, -0.15) is 4.98 Å². The van der Waals surface area contributed by atoms with E-state index in [1.165, 1.54) is 12.8 Å². The maximum absolute atomic E-state index is 12.3. The normalized spacial score (nSPS) is 19.3. The van der Waals surface area contributed by atoms with Gasteiger partial charge in [-0.05, 0) is 25.0 Å². The maximum Gasteiger partial charge on any atom is 0.239 e. The van der Waals surface area contributed by atoms with Crippen molar-refractivity contribution in [1.29, 1.82) is 0 Å². The molecule has 9 heteroatoms. The molecule has 170 valence electrons. The summed E-state index contributed by atoms with van der Waals surface area (Å²) in [4.78, 5) is 26.1. The minimum absolute atomic E-state index is 0.0322. The highest BCUT2D eigenvalue weighted by molar-refractivity contribution is 5.83. The van der Waals surface area contributed by atoms with E-state index >= 15 is 0 Å². The molecular formula is C23H30N6O3. The molecule has 0 unspecified atom stereocenters. The number of ether oxygens (including phenoxy) is 2. The van der Waals surface area contributed by atoms with Crippen molar-refractivity contribution in [3.63, 3.8) is 0 Å². The fourth-order valence-electron chi connectivity index (χ4n) is 4.75. The van der Waals surface area contributed by atoms with Crippen LogP contribution in [0.4, 0.5) is 23.1 Å². The number of rotatable bonds is 5. The Bertz CT molecular complexity index is 972. The van der Waals surface area contributed by atoms with E-state index in [4.69, 9.17) is 14.5 Å². The Morgan fingerprint density at radius 2 is 2.03 bits per heavy atom. The van der Waals surface area contributed by atoms with E-state index in [-0.39, 0.29) is 5.91 Å². The molecule has 0 spiro atoms. The van der Waals surface area contributed by atoms with E-state index in [1.54, 1.807) is 7.11 Å². The van der Waals surface area contributed by atoms with Crippen LogP contribution in [0.15, 0.2) is 24.4 Å². The van der Waals surface area contributed by atoms with Crippen molar-refractivity contribution in [3.8, 4) is 5.75 Å². The standard InChI is InChI=1S/C23H30N6O3/c1-31-20-12-18(28-8-10-32-11-9-28)6-7-19(20)26-23-25-14-16-13-24-21(30)15-29(22(16)27-23)17-4-2-3-5-17/h6-7,12,14,17H,2-5,8-11,13,15H2,1H3,(H,24,30)(H,25,26,27). The van der Waals surface area contributed by atoms with Crippen LogP contribution in [0.25, 0.3) is 0 Å². The molecule has 1 aliphatic carbocycles. The second-order valence-corrected chi connectivity index (χ2v) is 8.49. The predicted molar refractivity (Wildman–Crippen MR) is 123 cm³/mol. The molecule has 0 radical (unpaired) electrons. The Morgan fingerprint density at radius 1 is 1.22 bits per heavy atom. The fraction of sp³-hybridized carbons (Fsp3) is 0.522. The van der Waals surface area contributed by atoms with Gasteiger partial charge in [0.05, 0.1) is 32.6 Å². The summed E-state index contributed by atoms with van der Waals surface area (Å²) >= 11 is 0. The SMILES string of the molecule is COc1cc(N2CCOCC2)ccc1Nc1ncc2c(n1)N(C1CCCC1)CC(=O)NC2. The molecular weight excluding hydrogens is 408 g/mol. The molecule has 2 aliphatic heterocycles. The fourth-order valence-corrected chi connectivity index (χ4v) is 4.75. The van der Waals surface area contributed by atoms with Crippen LogP contribution in [0.3, 0.4) is 0 Å². The Morgan fingerprint density at radius 3 is 2.81 bits per heavy atom. The van der Waals surface area contributed by atoms with Gasteiger partial charge in [0, 0.05) is 49.2 Å². The van der Waals surface area contributed by atoms with Crippen molar-refractivity contribution in [2.45, 2.75) is 38.3 Å². The van der Waals surface area contributed by atoms with Crippen LogP contribution in [-0.4, -0.2) is 61.9 Å². The molecule has 3 aliphatic rings. The molecule has 0 atom stereocenters. The van der Waals surface area contributed by atoms with Gasteiger partial charge in [0.15, 0.2) is 0 Å². The molecule has 9 nitrogen and oxygen atoms in total. The molecule has 2 aromatic rings. The number of amides is 1. The lowest BCUT2D eigenvalue weighted by Crippen LogP contribution is -2.40. The lowest BCUT2D eigenvalue weighted by molar-refractivity contribution is -0.119. The number of fused-ring (bicyclic) bond motifs is 1. The van der Waals surface area contributed by atoms with Crippen LogP contribution >= 0.6 is 0 Å². The van der Waals surface area contributed by atoms with Gasteiger partial charge >= 0.3 is 0 Å². The minimum Gasteiger partial charge on any atom is -0.494 e. The molecule has 1 saturated carbocycles. The van der Waals surface area contributed by atoms with E-state index in [2.05, 4.69) is 31.5 Å². The van der Waals surface area contributed by atoms with Crippen LogP contribution in [-0.2, 0) is 16.1 Å². The van der Waals surface area contributed by atoms with E-state index in [0.29, 0.717) is 25.1 Å². The number of anilines is 4. The van der Waals surface area contributed by atoms with Crippen LogP contribution in [0.1, 0.15) is 31.2 Å². The second-order valence-electron chi connectivity index (χ2n) is 8.49. The van der Waals surface area contributed by atoms with Crippen molar-refractivity contribution in [1.82, 2.24) is 15.3 Å². The molecule has 32 heavy (non-hydrogen) atoms. The molecule has 1 saturated heterocycles. The first kappa shape index (κ1) is 20.8. The number of nitrogens with zero attached hydrogens (tertiary/aromatic N) is 4. The van der Waals surface area contributed by atoms with Crippen molar-refractivity contribution in [3.05, 3.63) is 30.0 Å². The summed E-state index contributed by atoms with van der Waals surface area (Å²) < 4.78 is 11.1. The average molecular weight is 439 g/mol. The maximum atomic E-state index is 12.3. The van der Waals surface area contributed by atoms with E-state index in [0.717, 1.165) is 67.7 Å². The van der Waals surface area contributed by atoms with E-state index < -0.39 is 0 Å². The third-order valence-corrected chi connectivity index (χ3v) is 6.48. The summed E-state index contributed by atoms with van der Waals surface area (Å²) in [5.74, 6) is 2.11. The zero-order chi connectivity index (χ0) is 21.9. The Kier molecular flexibility index (Phi) is 5.98. The van der Waals surface area contributed by atoms with Gasteiger partial charge < -0.3 is 29.9 Å². The first-order valence-electron chi connectivity index (χ1n) is 11.4. The van der Waals surface area contributed by atoms with Crippen LogP contribution < -0.4 is 25.2 Å². The number of benzene rings is 1. The minimum atomic E-state index is 0.0322. The summed E-state index contributed by atoms with van der Waals surface area (Å²) in [7, 11) is 1.67. The smallest absolute Gasteiger partial charge is 0.239 e. The molecule has 5 rings (SSSR count). The molecule has 2 N–H and O–H groups in total. The Labute approximate surface area is 188 Å². The number of carbonyl (C=O) groups is 1. The Hall–Kier alpha value is -3.07. The van der Waals surface area contributed by atoms with Crippen LogP contribution in [0.2, 0.25) is 0 Å². The first-order chi connectivity index (χ1) is 15.7. The van der Waals surface area contributed by atoms with Crippen molar-refractivity contribution < 1.29 is 14.3 Å². The average Bonchev–Trinajstić information content (AvgIpc) is 3.32. The molecule has 3 heterocycles. The number of hydrogen-bond acceptors (Lipinski definition) is 8. The summed E-state index contributed by atoms with van der Waals surface area (Å²) in [5, 5.41) is 6.29. The quantitative estimate of drug-likeness (QED) is 0.736. The zero-order valence-corrected chi connectivity index (χ0v) is 18.5. The van der Waals surface area contributed by atoms with Crippen molar-refractivity contribution in [2.24, 2.45) is 0 Å². The number of aromatic nitrogens is 2. The second kappa shape index (κ2) is 9.20. The molecule has 0 bridgehead atoms. The molecule has 2 fully saturated rings. The number of hydrogen-bond donors (Lipinski definition) is 2. The van der Waals surface area contributed by atoms with Gasteiger partial charge in [0.2, 0.25) is 11.9 Å². The highest BCUT2D eigenvalue weighted by atomic mass is 16.5. The van der Waals surface area contributed by atoms with Crippen LogP contribution in [0.5, 0.6) is 5.75 Å². The molecule has 1 aromatic carbocycles. The summed E-state index contributed by atoms with van der Waals surface area (Å²) in [5.41, 5.74) is 2.86. The Balaban J connectivity index is 1.41. The van der Waals surface area contributed by atoms with E-state index in [1.807, 2.05) is 18.3 Å². The van der Waals surface area contributed by atoms with Gasteiger partial charge in [-0.1, -0.05) is 12.8 Å². The largest absolute Gasteiger partial charge is 0.494 e. The van der Waals surface area contributed by atoms with E-state index in [9.17, 15) is 4.79 Å². The molecule has 1 amide bonds. The van der Waals surface area contributed by atoms with Gasteiger partial charge in [-0.15, -0.1) is 0 Å². The van der Waals surface area contributed by atoms with Crippen molar-refractivity contribution in [2.75, 3.05) is 55.1 Å². The summed E-state index contributed by atoms with van der Waals surface area (Å²) in [6.45, 7) is 4.00. The van der Waals surface area contributed by atoms with Crippen molar-refractivity contribution >= 4 is 29.0 Å². The number of methoxy groups -OCH3 is 1. The van der Waals surface area contributed by atoms with Gasteiger partial charge in [-0.3, -0.25) is 4.79 Å². The van der Waals surface area contributed by atoms with Crippen LogP contribution in [0, 0.1) is 0 Å². The summed E-state index contributed by atoms with van der Waals surface area (Å²) in [6, 6.07) is 6.46. The lowest BCUT2D eigenvalue weighted by Gasteiger charge is -2.29. The third-order valence-electron chi connectivity index (χ3n) is 6.48. The lowest BCUT2D eigenvalue weighted by atomic mass is 10.2. The van der Waals surface area contributed by atoms with Gasteiger partial charge in [0.25, 0.3) is 0 Å². The highest BCUT2D eigenvalue weighted by Crippen LogP contribution is 2.34. The number of carbonyl (C=O) groups excluding carboxylic acids is 1.